The molecule has 0 saturated carbocycles. The molecule has 0 heterocycles. The number of rotatable bonds is 5. The van der Waals surface area contributed by atoms with Crippen LogP contribution in [0.2, 0.25) is 0 Å². The molecule has 0 aliphatic rings. The fraction of sp³-hybridized carbons (Fsp3) is 0.118. The number of nitriles is 1. The van der Waals surface area contributed by atoms with Crippen molar-refractivity contribution in [2.75, 3.05) is 12.4 Å². The predicted molar refractivity (Wildman–Crippen MR) is 88.2 cm³/mol. The largest absolute Gasteiger partial charge is 0.496 e. The molecule has 2 rings (SSSR count). The van der Waals surface area contributed by atoms with Gasteiger partial charge in [-0.25, -0.2) is 0 Å². The molecule has 0 saturated heterocycles. The van der Waals surface area contributed by atoms with Gasteiger partial charge in [-0.1, -0.05) is 24.3 Å². The lowest BCUT2D eigenvalue weighted by Crippen LogP contribution is -1.95. The molecule has 0 atom stereocenters. The molecular formula is C17H15BrN2O. The Kier molecular flexibility index (Phi) is 5.42. The van der Waals surface area contributed by atoms with Crippen LogP contribution in [0.15, 0.2) is 64.8 Å². The molecule has 0 aromatic heterocycles. The normalized spacial score (nSPS) is 10.8. The number of ether oxygens (including phenoxy) is 1. The van der Waals surface area contributed by atoms with Gasteiger partial charge in [-0.2, -0.15) is 5.26 Å². The molecule has 0 bridgehead atoms. The molecule has 1 N–H and O–H groups in total. The zero-order valence-corrected chi connectivity index (χ0v) is 13.2. The first-order valence-electron chi connectivity index (χ1n) is 6.46. The highest BCUT2D eigenvalue weighted by Gasteiger charge is 2.04. The predicted octanol–water partition coefficient (Wildman–Crippen LogP) is 4.52. The zero-order chi connectivity index (χ0) is 15.1. The van der Waals surface area contributed by atoms with E-state index in [-0.39, 0.29) is 0 Å². The lowest BCUT2D eigenvalue weighted by molar-refractivity contribution is 0.412. The minimum Gasteiger partial charge on any atom is -0.496 e. The summed E-state index contributed by atoms with van der Waals surface area (Å²) in [7, 11) is 1.63. The summed E-state index contributed by atoms with van der Waals surface area (Å²) in [5.74, 6) is 0.781. The van der Waals surface area contributed by atoms with Gasteiger partial charge in [-0.05, 0) is 45.8 Å². The zero-order valence-electron chi connectivity index (χ0n) is 11.6. The highest BCUT2D eigenvalue weighted by atomic mass is 79.9. The van der Waals surface area contributed by atoms with Crippen molar-refractivity contribution in [3.05, 3.63) is 70.3 Å². The second-order valence-corrected chi connectivity index (χ2v) is 5.29. The first-order valence-corrected chi connectivity index (χ1v) is 7.25. The van der Waals surface area contributed by atoms with Crippen molar-refractivity contribution in [3.8, 4) is 11.8 Å². The second-order valence-electron chi connectivity index (χ2n) is 4.44. The van der Waals surface area contributed by atoms with E-state index in [1.165, 1.54) is 0 Å². The maximum Gasteiger partial charge on any atom is 0.133 e. The lowest BCUT2D eigenvalue weighted by atomic mass is 10.1. The molecule has 4 heteroatoms. The summed E-state index contributed by atoms with van der Waals surface area (Å²) in [6.45, 7) is 0. The number of methoxy groups -OCH3 is 1. The average molecular weight is 343 g/mol. The Labute approximate surface area is 133 Å². The third-order valence-corrected chi connectivity index (χ3v) is 3.56. The number of halogens is 1. The lowest BCUT2D eigenvalue weighted by Gasteiger charge is -2.06. The third-order valence-electron chi connectivity index (χ3n) is 2.94. The SMILES string of the molecule is COc1ccc(CC(C#N)=CNc2ccccc2)cc1Br. The summed E-state index contributed by atoms with van der Waals surface area (Å²) in [5.41, 5.74) is 2.67. The van der Waals surface area contributed by atoms with E-state index in [1.54, 1.807) is 13.3 Å². The molecule has 2 aromatic carbocycles. The van der Waals surface area contributed by atoms with Crippen LogP contribution in [0, 0.1) is 11.3 Å². The van der Waals surface area contributed by atoms with E-state index in [1.807, 2.05) is 48.5 Å². The number of nitrogens with zero attached hydrogens (tertiary/aromatic N) is 1. The average Bonchev–Trinajstić information content (AvgIpc) is 2.52. The summed E-state index contributed by atoms with van der Waals surface area (Å²) >= 11 is 3.45. The minimum atomic E-state index is 0.568. The molecule has 0 aliphatic carbocycles. The maximum absolute atomic E-state index is 9.24. The number of nitrogens with one attached hydrogen (secondary N) is 1. The Bertz CT molecular complexity index is 675. The summed E-state index contributed by atoms with van der Waals surface area (Å²) in [6.07, 6.45) is 2.31. The minimum absolute atomic E-state index is 0.568. The smallest absolute Gasteiger partial charge is 0.133 e. The Morgan fingerprint density at radius 1 is 1.29 bits per heavy atom. The first-order chi connectivity index (χ1) is 10.2. The number of hydrogen-bond donors (Lipinski definition) is 1. The maximum atomic E-state index is 9.24. The van der Waals surface area contributed by atoms with Crippen LogP contribution in [0.5, 0.6) is 5.75 Å². The molecule has 21 heavy (non-hydrogen) atoms. The van der Waals surface area contributed by atoms with Crippen molar-refractivity contribution in [3.63, 3.8) is 0 Å². The molecule has 2 aromatic rings. The summed E-state index contributed by atoms with van der Waals surface area (Å²) in [5, 5.41) is 12.4. The summed E-state index contributed by atoms with van der Waals surface area (Å²) < 4.78 is 6.08. The number of anilines is 1. The molecular weight excluding hydrogens is 328 g/mol. The van der Waals surface area contributed by atoms with Gasteiger partial charge >= 0.3 is 0 Å². The Morgan fingerprint density at radius 3 is 2.67 bits per heavy atom. The molecule has 0 fully saturated rings. The van der Waals surface area contributed by atoms with Gasteiger partial charge in [0.05, 0.1) is 17.7 Å². The molecule has 106 valence electrons. The van der Waals surface area contributed by atoms with Crippen molar-refractivity contribution in [1.29, 1.82) is 5.26 Å². The van der Waals surface area contributed by atoms with Gasteiger partial charge in [0.1, 0.15) is 5.75 Å². The van der Waals surface area contributed by atoms with Crippen LogP contribution >= 0.6 is 15.9 Å². The van der Waals surface area contributed by atoms with Crippen LogP contribution in [-0.4, -0.2) is 7.11 Å². The highest BCUT2D eigenvalue weighted by Crippen LogP contribution is 2.26. The molecule has 0 aliphatic heterocycles. The fourth-order valence-electron chi connectivity index (χ4n) is 1.87. The van der Waals surface area contributed by atoms with E-state index in [2.05, 4.69) is 27.3 Å². The third kappa shape index (κ3) is 4.37. The Balaban J connectivity index is 2.09. The Morgan fingerprint density at radius 2 is 2.05 bits per heavy atom. The number of benzene rings is 2. The quantitative estimate of drug-likeness (QED) is 0.812. The first kappa shape index (κ1) is 15.1. The van der Waals surface area contributed by atoms with E-state index in [0.717, 1.165) is 21.5 Å². The number of para-hydroxylation sites is 1. The van der Waals surface area contributed by atoms with Crippen molar-refractivity contribution in [1.82, 2.24) is 0 Å². The second kappa shape index (κ2) is 7.51. The number of allylic oxidation sites excluding steroid dienone is 1. The van der Waals surface area contributed by atoms with Crippen molar-refractivity contribution < 1.29 is 4.74 Å². The van der Waals surface area contributed by atoms with Crippen LogP contribution in [0.4, 0.5) is 5.69 Å². The van der Waals surface area contributed by atoms with Gasteiger partial charge in [0, 0.05) is 23.9 Å². The van der Waals surface area contributed by atoms with Crippen molar-refractivity contribution in [2.45, 2.75) is 6.42 Å². The van der Waals surface area contributed by atoms with Crippen LogP contribution in [-0.2, 0) is 6.42 Å². The van der Waals surface area contributed by atoms with Crippen LogP contribution < -0.4 is 10.1 Å². The van der Waals surface area contributed by atoms with E-state index >= 15 is 0 Å². The van der Waals surface area contributed by atoms with Crippen molar-refractivity contribution in [2.24, 2.45) is 0 Å². The van der Waals surface area contributed by atoms with E-state index in [4.69, 9.17) is 4.74 Å². The topological polar surface area (TPSA) is 45.0 Å². The van der Waals surface area contributed by atoms with E-state index < -0.39 is 0 Å². The molecule has 0 amide bonds. The van der Waals surface area contributed by atoms with Gasteiger partial charge in [0.25, 0.3) is 0 Å². The van der Waals surface area contributed by atoms with E-state index in [9.17, 15) is 5.26 Å². The fourth-order valence-corrected chi connectivity index (χ4v) is 2.46. The van der Waals surface area contributed by atoms with Gasteiger partial charge < -0.3 is 10.1 Å². The standard InChI is InChI=1S/C17H15BrN2O/c1-21-17-8-7-13(10-16(17)18)9-14(11-19)12-20-15-5-3-2-4-6-15/h2-8,10,12,20H,9H2,1H3. The van der Waals surface area contributed by atoms with Crippen LogP contribution in [0.25, 0.3) is 0 Å². The molecule has 0 unspecified atom stereocenters. The summed E-state index contributed by atoms with van der Waals surface area (Å²) in [6, 6.07) is 17.8. The molecule has 3 nitrogen and oxygen atoms in total. The monoisotopic (exact) mass is 342 g/mol. The van der Waals surface area contributed by atoms with Gasteiger partial charge in [-0.15, -0.1) is 0 Å². The van der Waals surface area contributed by atoms with Gasteiger partial charge in [0.15, 0.2) is 0 Å². The van der Waals surface area contributed by atoms with Crippen molar-refractivity contribution >= 4 is 21.6 Å². The van der Waals surface area contributed by atoms with Gasteiger partial charge in [-0.3, -0.25) is 0 Å². The van der Waals surface area contributed by atoms with Crippen LogP contribution in [0.3, 0.4) is 0 Å². The van der Waals surface area contributed by atoms with Crippen LogP contribution in [0.1, 0.15) is 5.56 Å². The summed E-state index contributed by atoms with van der Waals surface area (Å²) in [4.78, 5) is 0. The Hall–Kier alpha value is -2.25. The number of hydrogen-bond acceptors (Lipinski definition) is 3. The molecule has 0 radical (unpaired) electrons. The van der Waals surface area contributed by atoms with Gasteiger partial charge in [0.2, 0.25) is 0 Å². The van der Waals surface area contributed by atoms with E-state index in [0.29, 0.717) is 12.0 Å². The molecule has 0 spiro atoms. The highest BCUT2D eigenvalue weighted by molar-refractivity contribution is 9.10.